The predicted molar refractivity (Wildman–Crippen MR) is 89.2 cm³/mol. The Kier molecular flexibility index (Phi) is 3.35. The second-order valence-electron chi connectivity index (χ2n) is 5.88. The highest BCUT2D eigenvalue weighted by atomic mass is 16.1. The zero-order valence-corrected chi connectivity index (χ0v) is 12.7. The summed E-state index contributed by atoms with van der Waals surface area (Å²) in [5, 5.41) is 3.55. The zero-order valence-electron chi connectivity index (χ0n) is 12.7. The molecule has 0 bridgehead atoms. The minimum atomic E-state index is -0.456. The number of aromatic amines is 1. The lowest BCUT2D eigenvalue weighted by Gasteiger charge is -2.16. The van der Waals surface area contributed by atoms with Gasteiger partial charge in [-0.2, -0.15) is 0 Å². The van der Waals surface area contributed by atoms with E-state index >= 15 is 0 Å². The number of hydrogen-bond donors (Lipinski definition) is 3. The van der Waals surface area contributed by atoms with Crippen molar-refractivity contribution in [2.45, 2.75) is 18.9 Å². The number of H-pyrrole nitrogens is 1. The van der Waals surface area contributed by atoms with Crippen molar-refractivity contribution in [3.05, 3.63) is 65.0 Å². The van der Waals surface area contributed by atoms with Crippen LogP contribution in [0.5, 0.6) is 0 Å². The number of hydrogen-bond acceptors (Lipinski definition) is 3. The van der Waals surface area contributed by atoms with Gasteiger partial charge in [0.25, 0.3) is 5.91 Å². The maximum absolute atomic E-state index is 11.6. The number of nitrogens with one attached hydrogen (secondary N) is 2. The Morgan fingerprint density at radius 3 is 2.91 bits per heavy atom. The molecule has 1 aliphatic rings. The Bertz CT molecular complexity index is 884. The molecule has 116 valence electrons. The van der Waals surface area contributed by atoms with Gasteiger partial charge in [-0.3, -0.25) is 4.79 Å². The standard InChI is InChI=1S/C18H18N4O/c19-17(23)13-8-3-9-14-15(13)22-18(21-14)16-12-7-2-1-5-11(12)6-4-10-20-16/h1-3,5,7-9,16,20H,4,6,10H2,(H2,19,23)(H,21,22). The number of benzene rings is 2. The Morgan fingerprint density at radius 1 is 1.17 bits per heavy atom. The lowest BCUT2D eigenvalue weighted by atomic mass is 9.99. The molecule has 2 heterocycles. The van der Waals surface area contributed by atoms with Gasteiger partial charge in [0.15, 0.2) is 0 Å². The van der Waals surface area contributed by atoms with Crippen molar-refractivity contribution < 1.29 is 4.79 Å². The second-order valence-corrected chi connectivity index (χ2v) is 5.88. The van der Waals surface area contributed by atoms with Crippen LogP contribution in [0.4, 0.5) is 0 Å². The minimum Gasteiger partial charge on any atom is -0.366 e. The third-order valence-electron chi connectivity index (χ3n) is 4.41. The van der Waals surface area contributed by atoms with Crippen LogP contribution in [-0.4, -0.2) is 22.4 Å². The normalized spacial score (nSPS) is 17.7. The van der Waals surface area contributed by atoms with Gasteiger partial charge >= 0.3 is 0 Å². The topological polar surface area (TPSA) is 83.8 Å². The molecule has 5 nitrogen and oxygen atoms in total. The fraction of sp³-hybridized carbons (Fsp3) is 0.222. The van der Waals surface area contributed by atoms with E-state index in [1.165, 1.54) is 11.1 Å². The van der Waals surface area contributed by atoms with Gasteiger partial charge in [-0.15, -0.1) is 0 Å². The van der Waals surface area contributed by atoms with Gasteiger partial charge in [-0.05, 0) is 42.6 Å². The molecule has 0 aliphatic carbocycles. The molecule has 0 spiro atoms. The number of primary amides is 1. The van der Waals surface area contributed by atoms with Gasteiger partial charge in [0.1, 0.15) is 11.3 Å². The number of para-hydroxylation sites is 1. The highest BCUT2D eigenvalue weighted by molar-refractivity contribution is 6.04. The van der Waals surface area contributed by atoms with Crippen molar-refractivity contribution in [3.8, 4) is 0 Å². The number of imidazole rings is 1. The fourth-order valence-electron chi connectivity index (χ4n) is 3.31. The summed E-state index contributed by atoms with van der Waals surface area (Å²) in [6.07, 6.45) is 2.16. The highest BCUT2D eigenvalue weighted by Crippen LogP contribution is 2.28. The summed E-state index contributed by atoms with van der Waals surface area (Å²) in [6.45, 7) is 0.930. The zero-order chi connectivity index (χ0) is 15.8. The number of carbonyl (C=O) groups excluding carboxylic acids is 1. The van der Waals surface area contributed by atoms with Crippen LogP contribution in [0.1, 0.15) is 39.8 Å². The van der Waals surface area contributed by atoms with Crippen molar-refractivity contribution >= 4 is 16.9 Å². The first-order chi connectivity index (χ1) is 11.2. The number of rotatable bonds is 2. The van der Waals surface area contributed by atoms with Crippen molar-refractivity contribution in [3.63, 3.8) is 0 Å². The van der Waals surface area contributed by atoms with Crippen molar-refractivity contribution in [2.24, 2.45) is 5.73 Å². The molecule has 0 fully saturated rings. The van der Waals surface area contributed by atoms with Gasteiger partial charge in [0.2, 0.25) is 0 Å². The van der Waals surface area contributed by atoms with E-state index in [4.69, 9.17) is 5.73 Å². The number of aryl methyl sites for hydroxylation is 1. The predicted octanol–water partition coefficient (Wildman–Crippen LogP) is 2.29. The molecular formula is C18H18N4O. The maximum Gasteiger partial charge on any atom is 0.250 e. The number of nitrogens with zero attached hydrogens (tertiary/aromatic N) is 1. The van der Waals surface area contributed by atoms with Crippen LogP contribution in [-0.2, 0) is 6.42 Å². The molecule has 0 saturated carbocycles. The molecule has 1 atom stereocenters. The summed E-state index contributed by atoms with van der Waals surface area (Å²) in [5.74, 6) is 0.367. The van der Waals surface area contributed by atoms with Gasteiger partial charge in [-0.25, -0.2) is 4.98 Å². The van der Waals surface area contributed by atoms with Crippen LogP contribution in [0.3, 0.4) is 0 Å². The Balaban J connectivity index is 1.86. The largest absolute Gasteiger partial charge is 0.366 e. The van der Waals surface area contributed by atoms with E-state index in [1.807, 2.05) is 12.1 Å². The molecule has 1 aromatic heterocycles. The summed E-state index contributed by atoms with van der Waals surface area (Å²) >= 11 is 0. The van der Waals surface area contributed by atoms with Gasteiger partial charge in [-0.1, -0.05) is 30.3 Å². The van der Waals surface area contributed by atoms with Crippen LogP contribution in [0, 0.1) is 0 Å². The van der Waals surface area contributed by atoms with E-state index in [-0.39, 0.29) is 6.04 Å². The van der Waals surface area contributed by atoms with Crippen LogP contribution < -0.4 is 11.1 Å². The average Bonchev–Trinajstić information content (AvgIpc) is 2.87. The molecule has 2 aromatic carbocycles. The van der Waals surface area contributed by atoms with E-state index in [1.54, 1.807) is 6.07 Å². The third kappa shape index (κ3) is 2.39. The number of fused-ring (bicyclic) bond motifs is 2. The first kappa shape index (κ1) is 14.0. The molecular weight excluding hydrogens is 288 g/mol. The van der Waals surface area contributed by atoms with Crippen LogP contribution in [0.15, 0.2) is 42.5 Å². The maximum atomic E-state index is 11.6. The molecule has 0 radical (unpaired) electrons. The average molecular weight is 306 g/mol. The highest BCUT2D eigenvalue weighted by Gasteiger charge is 2.23. The molecule has 1 aliphatic heterocycles. The molecule has 23 heavy (non-hydrogen) atoms. The van der Waals surface area contributed by atoms with Crippen molar-refractivity contribution in [1.29, 1.82) is 0 Å². The summed E-state index contributed by atoms with van der Waals surface area (Å²) in [5.41, 5.74) is 9.97. The van der Waals surface area contributed by atoms with Crippen LogP contribution >= 0.6 is 0 Å². The Labute approximate surface area is 133 Å². The summed E-state index contributed by atoms with van der Waals surface area (Å²) < 4.78 is 0. The first-order valence-electron chi connectivity index (χ1n) is 7.83. The third-order valence-corrected chi connectivity index (χ3v) is 4.41. The molecule has 4 N–H and O–H groups in total. The van der Waals surface area contributed by atoms with Crippen molar-refractivity contribution in [1.82, 2.24) is 15.3 Å². The molecule has 3 aromatic rings. The van der Waals surface area contributed by atoms with Crippen LogP contribution in [0.25, 0.3) is 11.0 Å². The number of amides is 1. The smallest absolute Gasteiger partial charge is 0.250 e. The summed E-state index contributed by atoms with van der Waals surface area (Å²) in [4.78, 5) is 19.6. The molecule has 5 heteroatoms. The van der Waals surface area contributed by atoms with Gasteiger partial charge in [0, 0.05) is 0 Å². The molecule has 0 saturated heterocycles. The van der Waals surface area contributed by atoms with Crippen LogP contribution in [0.2, 0.25) is 0 Å². The summed E-state index contributed by atoms with van der Waals surface area (Å²) in [6, 6.07) is 13.9. The van der Waals surface area contributed by atoms with Crippen molar-refractivity contribution in [2.75, 3.05) is 6.54 Å². The molecule has 4 rings (SSSR count). The van der Waals surface area contributed by atoms with Gasteiger partial charge in [0.05, 0.1) is 17.1 Å². The molecule has 1 unspecified atom stereocenters. The van der Waals surface area contributed by atoms with E-state index in [0.29, 0.717) is 11.1 Å². The number of carbonyl (C=O) groups is 1. The quantitative estimate of drug-likeness (QED) is 0.679. The lowest BCUT2D eigenvalue weighted by molar-refractivity contribution is 0.100. The van der Waals surface area contributed by atoms with Gasteiger partial charge < -0.3 is 16.0 Å². The van der Waals surface area contributed by atoms with E-state index in [0.717, 1.165) is 30.7 Å². The minimum absolute atomic E-state index is 0.00169. The van der Waals surface area contributed by atoms with E-state index < -0.39 is 5.91 Å². The number of aromatic nitrogens is 2. The van der Waals surface area contributed by atoms with E-state index in [2.05, 4.69) is 39.6 Å². The van der Waals surface area contributed by atoms with E-state index in [9.17, 15) is 4.79 Å². The SMILES string of the molecule is NC(=O)c1cccc2[nH]c(C3NCCCc4ccccc43)nc12. The monoisotopic (exact) mass is 306 g/mol. The lowest BCUT2D eigenvalue weighted by Crippen LogP contribution is -2.23. The Morgan fingerprint density at radius 2 is 2.04 bits per heavy atom. The Hall–Kier alpha value is -2.66. The number of nitrogens with two attached hydrogens (primary N) is 1. The molecule has 1 amide bonds. The fourth-order valence-corrected chi connectivity index (χ4v) is 3.31. The second kappa shape index (κ2) is 5.52. The summed E-state index contributed by atoms with van der Waals surface area (Å²) in [7, 11) is 0. The first-order valence-corrected chi connectivity index (χ1v) is 7.83.